The number of nitrogens with zero attached hydrogens (tertiary/aromatic N) is 4. The summed E-state index contributed by atoms with van der Waals surface area (Å²) >= 11 is 0. The molecule has 7 nitrogen and oxygen atoms in total. The van der Waals surface area contributed by atoms with Crippen LogP contribution in [0.2, 0.25) is 0 Å². The number of benzene rings is 1. The quantitative estimate of drug-likeness (QED) is 0.467. The SMILES string of the molecule is C[C@@H](NC(=O)c1cc(C2(O)CCC(N3CC[C@H](F)C3)CC2)c2ncnn2c1)c1cccc(C(F)(F)F)c1F. The average molecular weight is 538 g/mol. The molecule has 5 rings (SSSR count). The Morgan fingerprint density at radius 1 is 1.24 bits per heavy atom. The Bertz CT molecular complexity index is 1340. The Kier molecular flexibility index (Phi) is 6.89. The number of amides is 1. The van der Waals surface area contributed by atoms with Gasteiger partial charge in [-0.3, -0.25) is 9.69 Å². The summed E-state index contributed by atoms with van der Waals surface area (Å²) in [5.74, 6) is -2.11. The molecule has 1 saturated carbocycles. The van der Waals surface area contributed by atoms with Crippen molar-refractivity contribution in [3.63, 3.8) is 0 Å². The maximum Gasteiger partial charge on any atom is 0.419 e. The van der Waals surface area contributed by atoms with Gasteiger partial charge in [0.05, 0.1) is 22.8 Å². The number of halogens is 5. The van der Waals surface area contributed by atoms with Gasteiger partial charge in [0.15, 0.2) is 5.65 Å². The lowest BCUT2D eigenvalue weighted by Crippen LogP contribution is -2.42. The highest BCUT2D eigenvalue weighted by atomic mass is 19.4. The van der Waals surface area contributed by atoms with Crippen molar-refractivity contribution in [1.29, 1.82) is 0 Å². The van der Waals surface area contributed by atoms with Crippen molar-refractivity contribution < 1.29 is 31.9 Å². The van der Waals surface area contributed by atoms with Gasteiger partial charge in [0.2, 0.25) is 0 Å². The van der Waals surface area contributed by atoms with Crippen LogP contribution in [0.15, 0.2) is 36.8 Å². The number of hydrogen-bond donors (Lipinski definition) is 2. The number of pyridine rings is 1. The lowest BCUT2D eigenvalue weighted by atomic mass is 9.77. The third-order valence-electron chi connectivity index (χ3n) is 7.75. The fourth-order valence-corrected chi connectivity index (χ4v) is 5.64. The van der Waals surface area contributed by atoms with Crippen LogP contribution in [-0.4, -0.2) is 55.8 Å². The number of aliphatic hydroxyl groups is 1. The molecule has 1 aliphatic heterocycles. The van der Waals surface area contributed by atoms with Crippen LogP contribution in [0.3, 0.4) is 0 Å². The molecular formula is C26H28F5N5O2. The summed E-state index contributed by atoms with van der Waals surface area (Å²) in [5.41, 5.74) is -2.13. The molecule has 3 aromatic rings. The summed E-state index contributed by atoms with van der Waals surface area (Å²) in [6.07, 6.45) is -0.436. The van der Waals surface area contributed by atoms with Crippen LogP contribution in [0.1, 0.15) is 72.1 Å². The molecule has 0 spiro atoms. The van der Waals surface area contributed by atoms with Crippen LogP contribution in [-0.2, 0) is 11.8 Å². The van der Waals surface area contributed by atoms with Gasteiger partial charge in [0, 0.05) is 36.5 Å². The summed E-state index contributed by atoms with van der Waals surface area (Å²) in [6.45, 7) is 2.48. The highest BCUT2D eigenvalue weighted by Crippen LogP contribution is 2.41. The minimum Gasteiger partial charge on any atom is -0.385 e. The molecule has 12 heteroatoms. The Morgan fingerprint density at radius 3 is 2.63 bits per heavy atom. The first-order chi connectivity index (χ1) is 18.0. The molecule has 204 valence electrons. The number of carbonyl (C=O) groups is 1. The molecule has 3 heterocycles. The zero-order valence-corrected chi connectivity index (χ0v) is 20.7. The van der Waals surface area contributed by atoms with Gasteiger partial charge in [-0.15, -0.1) is 0 Å². The van der Waals surface area contributed by atoms with E-state index in [1.54, 1.807) is 0 Å². The molecule has 0 bridgehead atoms. The summed E-state index contributed by atoms with van der Waals surface area (Å²) in [6, 6.07) is 3.52. The fraction of sp³-hybridized carbons (Fsp3) is 0.500. The molecule has 1 amide bonds. The van der Waals surface area contributed by atoms with Gasteiger partial charge in [-0.05, 0) is 51.2 Å². The molecule has 2 atom stereocenters. The van der Waals surface area contributed by atoms with Crippen molar-refractivity contribution in [3.8, 4) is 0 Å². The van der Waals surface area contributed by atoms with E-state index in [-0.39, 0.29) is 17.2 Å². The summed E-state index contributed by atoms with van der Waals surface area (Å²) < 4.78 is 69.1. The second-order valence-corrected chi connectivity index (χ2v) is 10.2. The van der Waals surface area contributed by atoms with Crippen LogP contribution in [0, 0.1) is 5.82 Å². The van der Waals surface area contributed by atoms with Gasteiger partial charge >= 0.3 is 6.18 Å². The number of carbonyl (C=O) groups excluding carboxylic acids is 1. The summed E-state index contributed by atoms with van der Waals surface area (Å²) in [7, 11) is 0. The van der Waals surface area contributed by atoms with Crippen LogP contribution in [0.5, 0.6) is 0 Å². The van der Waals surface area contributed by atoms with E-state index in [0.717, 1.165) is 6.07 Å². The highest BCUT2D eigenvalue weighted by Gasteiger charge is 2.40. The van der Waals surface area contributed by atoms with E-state index in [4.69, 9.17) is 0 Å². The molecule has 38 heavy (non-hydrogen) atoms. The van der Waals surface area contributed by atoms with Crippen molar-refractivity contribution in [1.82, 2.24) is 24.8 Å². The highest BCUT2D eigenvalue weighted by molar-refractivity contribution is 5.95. The molecule has 2 aromatic heterocycles. The van der Waals surface area contributed by atoms with E-state index < -0.39 is 41.3 Å². The predicted octanol–water partition coefficient (Wildman–Crippen LogP) is 4.55. The second kappa shape index (κ2) is 9.88. The van der Waals surface area contributed by atoms with E-state index in [1.807, 2.05) is 0 Å². The van der Waals surface area contributed by atoms with Crippen LogP contribution < -0.4 is 5.32 Å². The van der Waals surface area contributed by atoms with Crippen molar-refractivity contribution in [2.75, 3.05) is 13.1 Å². The molecule has 0 radical (unpaired) electrons. The van der Waals surface area contributed by atoms with Gasteiger partial charge in [0.25, 0.3) is 5.91 Å². The fourth-order valence-electron chi connectivity index (χ4n) is 5.64. The van der Waals surface area contributed by atoms with Gasteiger partial charge in [-0.25, -0.2) is 18.3 Å². The second-order valence-electron chi connectivity index (χ2n) is 10.2. The van der Waals surface area contributed by atoms with E-state index in [0.29, 0.717) is 62.5 Å². The summed E-state index contributed by atoms with van der Waals surface area (Å²) in [4.78, 5) is 19.5. The first-order valence-corrected chi connectivity index (χ1v) is 12.6. The number of likely N-dealkylation sites (tertiary alicyclic amines) is 1. The molecule has 1 aromatic carbocycles. The van der Waals surface area contributed by atoms with E-state index >= 15 is 0 Å². The number of alkyl halides is 4. The maximum atomic E-state index is 14.6. The lowest BCUT2D eigenvalue weighted by molar-refractivity contribution is -0.140. The third kappa shape index (κ3) is 4.98. The smallest absolute Gasteiger partial charge is 0.385 e. The molecule has 2 aliphatic rings. The molecule has 0 unspecified atom stereocenters. The number of hydrogen-bond acceptors (Lipinski definition) is 5. The van der Waals surface area contributed by atoms with Crippen molar-refractivity contribution >= 4 is 11.6 Å². The Labute approximate surface area is 215 Å². The van der Waals surface area contributed by atoms with E-state index in [9.17, 15) is 31.9 Å². The standard InChI is InChI=1S/C26H28F5N5O2/c1-15(19-3-2-4-20(22(19)28)26(29,30)31)34-24(37)16-11-21(23-32-14-33-36(23)12-16)25(38)8-5-18(6-9-25)35-10-7-17(27)13-35/h2-4,11-12,14-15,17-18,38H,5-10,13H2,1H3,(H,34,37)/t15-,17+,18?,25?/m1/s1. The van der Waals surface area contributed by atoms with Crippen molar-refractivity contribution in [3.05, 3.63) is 64.9 Å². The van der Waals surface area contributed by atoms with Crippen LogP contribution in [0.25, 0.3) is 5.65 Å². The zero-order valence-electron chi connectivity index (χ0n) is 20.7. The van der Waals surface area contributed by atoms with Gasteiger partial charge in [-0.2, -0.15) is 18.3 Å². The number of fused-ring (bicyclic) bond motifs is 1. The molecule has 2 N–H and O–H groups in total. The van der Waals surface area contributed by atoms with Crippen LogP contribution in [0.4, 0.5) is 22.0 Å². The Balaban J connectivity index is 1.38. The third-order valence-corrected chi connectivity index (χ3v) is 7.75. The summed E-state index contributed by atoms with van der Waals surface area (Å²) in [5, 5.41) is 18.3. The molecule has 1 saturated heterocycles. The first-order valence-electron chi connectivity index (χ1n) is 12.6. The lowest BCUT2D eigenvalue weighted by Gasteiger charge is -2.39. The largest absolute Gasteiger partial charge is 0.419 e. The normalized spacial score (nSPS) is 25.6. The monoisotopic (exact) mass is 537 g/mol. The number of rotatable bonds is 5. The molecule has 1 aliphatic carbocycles. The molecular weight excluding hydrogens is 509 g/mol. The van der Waals surface area contributed by atoms with E-state index in [1.165, 1.54) is 36.1 Å². The van der Waals surface area contributed by atoms with Crippen molar-refractivity contribution in [2.24, 2.45) is 0 Å². The van der Waals surface area contributed by atoms with Crippen LogP contribution >= 0.6 is 0 Å². The van der Waals surface area contributed by atoms with Crippen molar-refractivity contribution in [2.45, 2.75) is 69.1 Å². The van der Waals surface area contributed by atoms with Gasteiger partial charge in [0.1, 0.15) is 18.3 Å². The first kappa shape index (κ1) is 26.5. The number of nitrogens with one attached hydrogen (secondary N) is 1. The Morgan fingerprint density at radius 2 is 1.97 bits per heavy atom. The minimum absolute atomic E-state index is 0.0904. The van der Waals surface area contributed by atoms with E-state index in [2.05, 4.69) is 20.3 Å². The predicted molar refractivity (Wildman–Crippen MR) is 128 cm³/mol. The number of aromatic nitrogens is 3. The molecule has 2 fully saturated rings. The van der Waals surface area contributed by atoms with Gasteiger partial charge < -0.3 is 10.4 Å². The average Bonchev–Trinajstić information content (AvgIpc) is 3.52. The Hall–Kier alpha value is -3.12. The maximum absolute atomic E-state index is 14.6. The topological polar surface area (TPSA) is 82.8 Å². The van der Waals surface area contributed by atoms with Gasteiger partial charge in [-0.1, -0.05) is 12.1 Å². The zero-order chi connectivity index (χ0) is 27.2. The minimum atomic E-state index is -4.87.